The fraction of sp³-hybridized carbons (Fsp3) is 0.684. The molecule has 0 spiro atoms. The molecule has 3 rings (SSSR count). The van der Waals surface area contributed by atoms with Gasteiger partial charge < -0.3 is 10.1 Å². The average molecular weight is 447 g/mol. The summed E-state index contributed by atoms with van der Waals surface area (Å²) >= 11 is 0. The zero-order valence-corrected chi connectivity index (χ0v) is 17.2. The largest absolute Gasteiger partial charge is 0.461 e. The van der Waals surface area contributed by atoms with Crippen molar-refractivity contribution in [2.75, 3.05) is 26.2 Å². The first kappa shape index (κ1) is 25.3. The summed E-state index contributed by atoms with van der Waals surface area (Å²) in [6, 6.07) is 6.45. The first-order chi connectivity index (χ1) is 12.5. The minimum atomic E-state index is -4.48. The van der Waals surface area contributed by atoms with E-state index in [9.17, 15) is 17.6 Å². The van der Waals surface area contributed by atoms with Gasteiger partial charge in [-0.3, -0.25) is 4.90 Å². The van der Waals surface area contributed by atoms with E-state index in [4.69, 9.17) is 0 Å². The molecule has 1 saturated carbocycles. The second-order valence-electron chi connectivity index (χ2n) is 7.17. The Hall–Kier alpha value is -0.760. The van der Waals surface area contributed by atoms with Gasteiger partial charge in [-0.25, -0.2) is 0 Å². The maximum atomic E-state index is 13.3. The minimum Gasteiger partial charge on any atom is -0.428 e. The number of hydrogen-bond acceptors (Lipinski definition) is 3. The van der Waals surface area contributed by atoms with Crippen LogP contribution in [0.4, 0.5) is 17.6 Å². The van der Waals surface area contributed by atoms with Gasteiger partial charge in [0, 0.05) is 32.2 Å². The molecule has 1 atom stereocenters. The van der Waals surface area contributed by atoms with Gasteiger partial charge in [-0.05, 0) is 36.5 Å². The highest BCUT2D eigenvalue weighted by Gasteiger charge is 2.44. The number of halogens is 6. The van der Waals surface area contributed by atoms with Crippen LogP contribution in [0.2, 0.25) is 0 Å². The van der Waals surface area contributed by atoms with Crippen LogP contribution in [-0.4, -0.2) is 43.6 Å². The Kier molecular flexibility index (Phi) is 10.3. The number of piperazine rings is 1. The van der Waals surface area contributed by atoms with Gasteiger partial charge in [-0.2, -0.15) is 17.6 Å². The molecule has 1 aromatic carbocycles. The number of alkyl halides is 4. The van der Waals surface area contributed by atoms with Crippen molar-refractivity contribution in [3.8, 4) is 5.75 Å². The van der Waals surface area contributed by atoms with Crippen LogP contribution in [0.25, 0.3) is 0 Å². The molecule has 0 amide bonds. The van der Waals surface area contributed by atoms with E-state index in [1.807, 2.05) is 6.07 Å². The van der Waals surface area contributed by atoms with Crippen molar-refractivity contribution in [2.24, 2.45) is 5.92 Å². The van der Waals surface area contributed by atoms with E-state index in [1.54, 1.807) is 6.07 Å². The predicted octanol–water partition coefficient (Wildman–Crippen LogP) is 5.29. The molecular formula is C19H28Cl2F4N2O. The Morgan fingerprint density at radius 2 is 1.68 bits per heavy atom. The van der Waals surface area contributed by atoms with Crippen molar-refractivity contribution in [3.63, 3.8) is 0 Å². The van der Waals surface area contributed by atoms with Crippen LogP contribution in [0.5, 0.6) is 5.75 Å². The standard InChI is InChI=1S/C19H26F4N2O.2ClH/c20-18(21)19(22,23)26-16-8-4-7-15(13-16)17(14-5-2-1-3-6-14)25-11-9-24-10-12-25;;/h4,7-8,13-14,17-18,24H,1-3,5-6,9-12H2;2*1H/t17-;;/m0../s1. The van der Waals surface area contributed by atoms with E-state index in [-0.39, 0.29) is 36.6 Å². The lowest BCUT2D eigenvalue weighted by atomic mass is 9.80. The molecule has 3 nitrogen and oxygen atoms in total. The van der Waals surface area contributed by atoms with Crippen molar-refractivity contribution >= 4 is 24.8 Å². The van der Waals surface area contributed by atoms with Crippen LogP contribution >= 0.6 is 24.8 Å². The molecule has 1 aliphatic carbocycles. The number of benzene rings is 1. The summed E-state index contributed by atoms with van der Waals surface area (Å²) in [5, 5.41) is 3.33. The number of ether oxygens (including phenoxy) is 1. The van der Waals surface area contributed by atoms with Crippen molar-refractivity contribution in [2.45, 2.75) is 50.7 Å². The topological polar surface area (TPSA) is 24.5 Å². The van der Waals surface area contributed by atoms with Crippen molar-refractivity contribution in [3.05, 3.63) is 29.8 Å². The van der Waals surface area contributed by atoms with Crippen LogP contribution in [0.15, 0.2) is 24.3 Å². The molecule has 1 heterocycles. The molecular weight excluding hydrogens is 419 g/mol. The summed E-state index contributed by atoms with van der Waals surface area (Å²) in [5.41, 5.74) is 0.876. The Bertz CT molecular complexity index is 565. The Morgan fingerprint density at radius 3 is 2.29 bits per heavy atom. The van der Waals surface area contributed by atoms with Crippen LogP contribution in [0.1, 0.15) is 43.7 Å². The minimum absolute atomic E-state index is 0. The second kappa shape index (κ2) is 11.4. The summed E-state index contributed by atoms with van der Waals surface area (Å²) in [5.74, 6) is 0.247. The molecule has 28 heavy (non-hydrogen) atoms. The summed E-state index contributed by atoms with van der Waals surface area (Å²) in [6.07, 6.45) is -2.55. The zero-order chi connectivity index (χ0) is 18.6. The molecule has 1 saturated heterocycles. The van der Waals surface area contributed by atoms with Gasteiger partial charge in [-0.15, -0.1) is 24.8 Å². The Balaban J connectivity index is 0.00000196. The average Bonchev–Trinajstić information content (AvgIpc) is 2.64. The van der Waals surface area contributed by atoms with Crippen molar-refractivity contribution in [1.82, 2.24) is 10.2 Å². The second-order valence-corrected chi connectivity index (χ2v) is 7.17. The third kappa shape index (κ3) is 6.37. The summed E-state index contributed by atoms with van der Waals surface area (Å²) < 4.78 is 55.8. The van der Waals surface area contributed by atoms with Gasteiger partial charge >= 0.3 is 12.5 Å². The molecule has 2 fully saturated rings. The van der Waals surface area contributed by atoms with Crippen LogP contribution in [0, 0.1) is 5.92 Å². The van der Waals surface area contributed by atoms with Crippen molar-refractivity contribution < 1.29 is 22.3 Å². The van der Waals surface area contributed by atoms with E-state index in [2.05, 4.69) is 15.0 Å². The number of rotatable bonds is 6. The molecule has 0 unspecified atom stereocenters. The third-order valence-electron chi connectivity index (χ3n) is 5.35. The van der Waals surface area contributed by atoms with Crippen LogP contribution in [-0.2, 0) is 0 Å². The summed E-state index contributed by atoms with van der Waals surface area (Å²) in [4.78, 5) is 2.39. The molecule has 1 aromatic rings. The van der Waals surface area contributed by atoms with E-state index >= 15 is 0 Å². The summed E-state index contributed by atoms with van der Waals surface area (Å²) in [7, 11) is 0. The van der Waals surface area contributed by atoms with Gasteiger partial charge in [0.2, 0.25) is 0 Å². The lowest BCUT2D eigenvalue weighted by Crippen LogP contribution is -2.47. The smallest absolute Gasteiger partial charge is 0.428 e. The van der Waals surface area contributed by atoms with Crippen LogP contribution in [0.3, 0.4) is 0 Å². The first-order valence-corrected chi connectivity index (χ1v) is 9.37. The van der Waals surface area contributed by atoms with E-state index in [0.29, 0.717) is 5.92 Å². The van der Waals surface area contributed by atoms with Gasteiger partial charge in [-0.1, -0.05) is 31.4 Å². The molecule has 2 aliphatic rings. The first-order valence-electron chi connectivity index (χ1n) is 9.37. The third-order valence-corrected chi connectivity index (χ3v) is 5.35. The molecule has 0 bridgehead atoms. The summed E-state index contributed by atoms with van der Waals surface area (Å²) in [6.45, 7) is 3.56. The number of nitrogens with zero attached hydrogens (tertiary/aromatic N) is 1. The highest BCUT2D eigenvalue weighted by molar-refractivity contribution is 5.85. The fourth-order valence-corrected chi connectivity index (χ4v) is 4.16. The maximum Gasteiger partial charge on any atom is 0.461 e. The molecule has 162 valence electrons. The lowest BCUT2D eigenvalue weighted by molar-refractivity contribution is -0.253. The lowest BCUT2D eigenvalue weighted by Gasteiger charge is -2.41. The molecule has 9 heteroatoms. The van der Waals surface area contributed by atoms with Gasteiger partial charge in [0.05, 0.1) is 0 Å². The molecule has 0 aromatic heterocycles. The molecule has 1 aliphatic heterocycles. The normalized spacial score (nSPS) is 20.2. The quantitative estimate of drug-likeness (QED) is 0.600. The highest BCUT2D eigenvalue weighted by Crippen LogP contribution is 2.40. The molecule has 1 N–H and O–H groups in total. The highest BCUT2D eigenvalue weighted by atomic mass is 35.5. The van der Waals surface area contributed by atoms with Crippen LogP contribution < -0.4 is 10.1 Å². The van der Waals surface area contributed by atoms with E-state index < -0.39 is 12.5 Å². The monoisotopic (exact) mass is 446 g/mol. The number of nitrogens with one attached hydrogen (secondary N) is 1. The Labute approximate surface area is 176 Å². The fourth-order valence-electron chi connectivity index (χ4n) is 4.16. The van der Waals surface area contributed by atoms with Gasteiger partial charge in [0.15, 0.2) is 0 Å². The zero-order valence-electron chi connectivity index (χ0n) is 15.6. The van der Waals surface area contributed by atoms with E-state index in [0.717, 1.165) is 44.6 Å². The predicted molar refractivity (Wildman–Crippen MR) is 106 cm³/mol. The Morgan fingerprint density at radius 1 is 1.04 bits per heavy atom. The SMILES string of the molecule is Cl.Cl.FC(F)C(F)(F)Oc1cccc([C@H](C2CCCCC2)N2CCNCC2)c1. The number of hydrogen-bond donors (Lipinski definition) is 1. The van der Waals surface area contributed by atoms with Gasteiger partial charge in [0.1, 0.15) is 5.75 Å². The molecule has 0 radical (unpaired) electrons. The van der Waals surface area contributed by atoms with E-state index in [1.165, 1.54) is 31.4 Å². The van der Waals surface area contributed by atoms with Crippen molar-refractivity contribution in [1.29, 1.82) is 0 Å². The van der Waals surface area contributed by atoms with Gasteiger partial charge in [0.25, 0.3) is 0 Å². The maximum absolute atomic E-state index is 13.3.